The standard InChI is InChI=1S/C18H24ClN3O.C8H8O2S/c1-20-14-4-6-18(7-5-14)8-10-22(11-9-18)17-21-15-12-13(19)2-3-16(15)23-17;9-5-6-1-4-8(10-6)11-7-2-3-7/h2-3,12,14,20H,4-11H2,1H3;1,4-5,7H,2-3H2. The van der Waals surface area contributed by atoms with Gasteiger partial charge < -0.3 is 19.1 Å². The van der Waals surface area contributed by atoms with Gasteiger partial charge >= 0.3 is 0 Å². The lowest BCUT2D eigenvalue weighted by atomic mass is 9.67. The van der Waals surface area contributed by atoms with Crippen molar-refractivity contribution in [2.75, 3.05) is 25.0 Å². The SMILES string of the molecule is CNC1CCC2(CC1)CCN(c1nc3cc(Cl)ccc3o1)CC2.O=Cc1ccc(SC2CC2)o1. The van der Waals surface area contributed by atoms with Gasteiger partial charge in [0.25, 0.3) is 6.01 Å². The third kappa shape index (κ3) is 5.64. The van der Waals surface area contributed by atoms with Crippen LogP contribution in [0.25, 0.3) is 11.1 Å². The van der Waals surface area contributed by atoms with Crippen molar-refractivity contribution in [3.8, 4) is 0 Å². The first-order chi connectivity index (χ1) is 16.6. The average Bonchev–Trinajstić information content (AvgIpc) is 3.39. The van der Waals surface area contributed by atoms with Gasteiger partial charge in [0.15, 0.2) is 22.7 Å². The number of aldehydes is 1. The van der Waals surface area contributed by atoms with Crippen molar-refractivity contribution in [3.05, 3.63) is 41.1 Å². The third-order valence-electron chi connectivity index (χ3n) is 7.41. The van der Waals surface area contributed by atoms with E-state index in [1.54, 1.807) is 17.8 Å². The predicted molar refractivity (Wildman–Crippen MR) is 137 cm³/mol. The molecule has 0 radical (unpaired) electrons. The van der Waals surface area contributed by atoms with E-state index in [1.807, 2.05) is 24.3 Å². The Morgan fingerprint density at radius 3 is 2.50 bits per heavy atom. The van der Waals surface area contributed by atoms with Gasteiger partial charge in [-0.2, -0.15) is 4.98 Å². The van der Waals surface area contributed by atoms with Crippen LogP contribution in [-0.2, 0) is 0 Å². The molecule has 182 valence electrons. The molecule has 2 aromatic heterocycles. The van der Waals surface area contributed by atoms with Crippen LogP contribution < -0.4 is 10.2 Å². The summed E-state index contributed by atoms with van der Waals surface area (Å²) in [5.41, 5.74) is 2.22. The Morgan fingerprint density at radius 1 is 1.09 bits per heavy atom. The molecule has 6 rings (SSSR count). The Morgan fingerprint density at radius 2 is 1.85 bits per heavy atom. The first-order valence-electron chi connectivity index (χ1n) is 12.3. The van der Waals surface area contributed by atoms with E-state index in [2.05, 4.69) is 22.2 Å². The molecular formula is C26H32ClN3O3S. The van der Waals surface area contributed by atoms with Gasteiger partial charge in [-0.05, 0) is 94.2 Å². The van der Waals surface area contributed by atoms with Crippen LogP contribution in [0.3, 0.4) is 0 Å². The van der Waals surface area contributed by atoms with Gasteiger partial charge in [-0.1, -0.05) is 23.4 Å². The van der Waals surface area contributed by atoms with Crippen molar-refractivity contribution < 1.29 is 13.6 Å². The Labute approximate surface area is 209 Å². The van der Waals surface area contributed by atoms with Crippen molar-refractivity contribution in [2.45, 2.75) is 67.8 Å². The summed E-state index contributed by atoms with van der Waals surface area (Å²) < 4.78 is 11.1. The quantitative estimate of drug-likeness (QED) is 0.396. The molecule has 1 N–H and O–H groups in total. The van der Waals surface area contributed by atoms with Crippen LogP contribution in [0.15, 0.2) is 44.3 Å². The maximum absolute atomic E-state index is 10.2. The summed E-state index contributed by atoms with van der Waals surface area (Å²) in [6, 6.07) is 10.7. The highest BCUT2D eigenvalue weighted by Crippen LogP contribution is 2.45. The minimum absolute atomic E-state index is 0.424. The number of carbonyl (C=O) groups excluding carboxylic acids is 1. The summed E-state index contributed by atoms with van der Waals surface area (Å²) >= 11 is 7.75. The van der Waals surface area contributed by atoms with Crippen LogP contribution in [0.2, 0.25) is 5.02 Å². The highest BCUT2D eigenvalue weighted by molar-refractivity contribution is 8.00. The number of nitrogens with zero attached hydrogens (tertiary/aromatic N) is 2. The van der Waals surface area contributed by atoms with Gasteiger partial charge in [0.05, 0.1) is 0 Å². The molecule has 8 heteroatoms. The molecule has 1 spiro atoms. The zero-order valence-electron chi connectivity index (χ0n) is 19.6. The lowest BCUT2D eigenvalue weighted by Gasteiger charge is -2.45. The van der Waals surface area contributed by atoms with Crippen LogP contribution in [0.1, 0.15) is 61.9 Å². The molecule has 0 amide bonds. The summed E-state index contributed by atoms with van der Waals surface area (Å²) in [5.74, 6) is 0.424. The van der Waals surface area contributed by atoms with Crippen LogP contribution in [0.5, 0.6) is 0 Å². The lowest BCUT2D eigenvalue weighted by Crippen LogP contribution is -2.44. The molecular weight excluding hydrogens is 470 g/mol. The van der Waals surface area contributed by atoms with Crippen molar-refractivity contribution in [3.63, 3.8) is 0 Å². The summed E-state index contributed by atoms with van der Waals surface area (Å²) in [4.78, 5) is 17.1. The Bertz CT molecular complexity index is 1110. The minimum Gasteiger partial charge on any atom is -0.447 e. The molecule has 0 atom stereocenters. The second-order valence-electron chi connectivity index (χ2n) is 9.75. The Hall–Kier alpha value is -1.96. The number of rotatable bonds is 5. The second-order valence-corrected chi connectivity index (χ2v) is 11.5. The fraction of sp³-hybridized carbons (Fsp3) is 0.538. The number of anilines is 1. The van der Waals surface area contributed by atoms with E-state index in [4.69, 9.17) is 20.4 Å². The number of furan rings is 1. The molecule has 2 aliphatic carbocycles. The number of fused-ring (bicyclic) bond motifs is 1. The summed E-state index contributed by atoms with van der Waals surface area (Å²) in [5, 5.41) is 5.75. The molecule has 2 saturated carbocycles. The number of benzene rings is 1. The van der Waals surface area contributed by atoms with Crippen molar-refractivity contribution in [1.29, 1.82) is 0 Å². The number of halogens is 1. The Kier molecular flexibility index (Phi) is 7.23. The molecule has 6 nitrogen and oxygen atoms in total. The van der Waals surface area contributed by atoms with E-state index in [1.165, 1.54) is 51.4 Å². The largest absolute Gasteiger partial charge is 0.447 e. The Balaban J connectivity index is 0.000000183. The maximum Gasteiger partial charge on any atom is 0.298 e. The lowest BCUT2D eigenvalue weighted by molar-refractivity contribution is 0.109. The fourth-order valence-electron chi connectivity index (χ4n) is 5.03. The number of oxazole rings is 1. The molecule has 3 heterocycles. The van der Waals surface area contributed by atoms with Crippen molar-refractivity contribution in [2.24, 2.45) is 5.41 Å². The van der Waals surface area contributed by atoms with Gasteiger partial charge in [0.2, 0.25) is 0 Å². The number of piperidine rings is 1. The fourth-order valence-corrected chi connectivity index (χ4v) is 6.18. The molecule has 0 unspecified atom stereocenters. The number of hydrogen-bond acceptors (Lipinski definition) is 7. The molecule has 1 aromatic carbocycles. The maximum atomic E-state index is 10.2. The molecule has 3 fully saturated rings. The third-order valence-corrected chi connectivity index (χ3v) is 8.90. The van der Waals surface area contributed by atoms with Gasteiger partial charge in [-0.3, -0.25) is 4.79 Å². The van der Waals surface area contributed by atoms with Crippen LogP contribution >= 0.6 is 23.4 Å². The molecule has 3 aromatic rings. The predicted octanol–water partition coefficient (Wildman–Crippen LogP) is 6.58. The van der Waals surface area contributed by atoms with E-state index in [0.717, 1.165) is 52.9 Å². The minimum atomic E-state index is 0.424. The van der Waals surface area contributed by atoms with Gasteiger partial charge in [0.1, 0.15) is 5.52 Å². The number of aromatic nitrogens is 1. The molecule has 1 saturated heterocycles. The second kappa shape index (κ2) is 10.3. The summed E-state index contributed by atoms with van der Waals surface area (Å²) in [6.45, 7) is 2.09. The van der Waals surface area contributed by atoms with E-state index < -0.39 is 0 Å². The number of hydrogen-bond donors (Lipinski definition) is 1. The normalized spacial score (nSPS) is 20.4. The average molecular weight is 502 g/mol. The van der Waals surface area contributed by atoms with Gasteiger partial charge in [-0.15, -0.1) is 0 Å². The molecule has 0 bridgehead atoms. The van der Waals surface area contributed by atoms with E-state index >= 15 is 0 Å². The molecule has 1 aliphatic heterocycles. The zero-order chi connectivity index (χ0) is 23.5. The monoisotopic (exact) mass is 501 g/mol. The van der Waals surface area contributed by atoms with Crippen LogP contribution in [-0.4, -0.2) is 42.7 Å². The highest BCUT2D eigenvalue weighted by Gasteiger charge is 2.38. The van der Waals surface area contributed by atoms with Crippen LogP contribution in [0, 0.1) is 5.41 Å². The number of carbonyl (C=O) groups is 1. The molecule has 34 heavy (non-hydrogen) atoms. The van der Waals surface area contributed by atoms with E-state index in [9.17, 15) is 4.79 Å². The topological polar surface area (TPSA) is 71.5 Å². The number of nitrogens with one attached hydrogen (secondary N) is 1. The molecule has 3 aliphatic rings. The van der Waals surface area contributed by atoms with Gasteiger partial charge in [-0.25, -0.2) is 0 Å². The first-order valence-corrected chi connectivity index (χ1v) is 13.5. The van der Waals surface area contributed by atoms with E-state index in [0.29, 0.717) is 16.2 Å². The van der Waals surface area contributed by atoms with Gasteiger partial charge in [0, 0.05) is 29.4 Å². The van der Waals surface area contributed by atoms with Crippen molar-refractivity contribution in [1.82, 2.24) is 10.3 Å². The first kappa shape index (κ1) is 23.8. The van der Waals surface area contributed by atoms with Crippen molar-refractivity contribution >= 4 is 46.8 Å². The summed E-state index contributed by atoms with van der Waals surface area (Å²) in [7, 11) is 2.09. The van der Waals surface area contributed by atoms with E-state index in [-0.39, 0.29) is 0 Å². The van der Waals surface area contributed by atoms with Crippen LogP contribution in [0.4, 0.5) is 6.01 Å². The highest BCUT2D eigenvalue weighted by atomic mass is 35.5. The zero-order valence-corrected chi connectivity index (χ0v) is 21.2. The number of thioether (sulfide) groups is 1. The summed E-state index contributed by atoms with van der Waals surface area (Å²) in [6.07, 6.45) is 11.1. The smallest absolute Gasteiger partial charge is 0.298 e.